The summed E-state index contributed by atoms with van der Waals surface area (Å²) in [5.74, 6) is 1.96. The highest BCUT2D eigenvalue weighted by molar-refractivity contribution is 6.36. The van der Waals surface area contributed by atoms with E-state index in [9.17, 15) is 9.59 Å². The largest absolute Gasteiger partial charge is 0.463 e. The van der Waals surface area contributed by atoms with Gasteiger partial charge in [-0.3, -0.25) is 4.79 Å². The standard InChI is InChI=1S/C15H13ClN2O4/c1-2-3-6-21-15-13(16)10-5-4-9(18-12(19)8-17)7-11(10)14(20)22-15/h1,4-5,7H,3,6,8,17H2,(H,18,19). The topological polar surface area (TPSA) is 94.6 Å². The molecule has 0 bridgehead atoms. The summed E-state index contributed by atoms with van der Waals surface area (Å²) in [7, 11) is 0. The summed E-state index contributed by atoms with van der Waals surface area (Å²) in [6.45, 7) is 0.0324. The van der Waals surface area contributed by atoms with Gasteiger partial charge in [-0.2, -0.15) is 0 Å². The molecule has 0 saturated heterocycles. The second-order valence-corrected chi connectivity index (χ2v) is 4.68. The number of fused-ring (bicyclic) bond motifs is 1. The second kappa shape index (κ2) is 6.98. The Morgan fingerprint density at radius 1 is 1.45 bits per heavy atom. The Kier molecular flexibility index (Phi) is 5.04. The lowest BCUT2D eigenvalue weighted by Gasteiger charge is -2.08. The average molecular weight is 321 g/mol. The van der Waals surface area contributed by atoms with Crippen LogP contribution in [0.25, 0.3) is 10.8 Å². The van der Waals surface area contributed by atoms with E-state index in [4.69, 9.17) is 32.9 Å². The van der Waals surface area contributed by atoms with Gasteiger partial charge >= 0.3 is 11.6 Å². The van der Waals surface area contributed by atoms with E-state index in [1.807, 2.05) is 0 Å². The van der Waals surface area contributed by atoms with Crippen molar-refractivity contribution in [2.75, 3.05) is 18.5 Å². The first kappa shape index (κ1) is 15.9. The minimum absolute atomic E-state index is 0.0758. The first-order valence-corrected chi connectivity index (χ1v) is 6.77. The third-order valence-corrected chi connectivity index (χ3v) is 3.15. The molecule has 0 radical (unpaired) electrons. The van der Waals surface area contributed by atoms with Crippen molar-refractivity contribution in [1.29, 1.82) is 0 Å². The van der Waals surface area contributed by atoms with Crippen LogP contribution in [0.1, 0.15) is 6.42 Å². The van der Waals surface area contributed by atoms with Crippen molar-refractivity contribution in [2.45, 2.75) is 6.42 Å². The summed E-state index contributed by atoms with van der Waals surface area (Å²) in [5, 5.41) is 3.40. The molecule has 0 fully saturated rings. The van der Waals surface area contributed by atoms with Gasteiger partial charge in [0.25, 0.3) is 0 Å². The number of carbonyl (C=O) groups is 1. The lowest BCUT2D eigenvalue weighted by atomic mass is 10.1. The smallest absolute Gasteiger partial charge is 0.346 e. The van der Waals surface area contributed by atoms with Crippen LogP contribution >= 0.6 is 11.6 Å². The van der Waals surface area contributed by atoms with Crippen LogP contribution in [0.4, 0.5) is 5.69 Å². The van der Waals surface area contributed by atoms with Crippen LogP contribution in [0.2, 0.25) is 5.02 Å². The van der Waals surface area contributed by atoms with Gasteiger partial charge in [-0.05, 0) is 12.1 Å². The van der Waals surface area contributed by atoms with Crippen molar-refractivity contribution in [3.05, 3.63) is 33.6 Å². The van der Waals surface area contributed by atoms with E-state index in [0.29, 0.717) is 17.5 Å². The molecule has 2 rings (SSSR count). The van der Waals surface area contributed by atoms with Crippen LogP contribution in [0.5, 0.6) is 5.95 Å². The van der Waals surface area contributed by atoms with Gasteiger partial charge in [0.1, 0.15) is 11.6 Å². The van der Waals surface area contributed by atoms with Crippen molar-refractivity contribution in [1.82, 2.24) is 0 Å². The number of terminal acetylenes is 1. The number of anilines is 1. The van der Waals surface area contributed by atoms with Crippen LogP contribution in [-0.2, 0) is 4.79 Å². The maximum Gasteiger partial charge on any atom is 0.346 e. The van der Waals surface area contributed by atoms with E-state index in [2.05, 4.69) is 11.2 Å². The Hall–Kier alpha value is -2.49. The molecule has 0 saturated carbocycles. The van der Waals surface area contributed by atoms with E-state index in [0.717, 1.165) is 0 Å². The molecule has 1 aromatic heterocycles. The number of nitrogens with one attached hydrogen (secondary N) is 1. The SMILES string of the molecule is C#CCCOc1oc(=O)c2cc(NC(=O)CN)ccc2c1Cl. The van der Waals surface area contributed by atoms with E-state index in [1.165, 1.54) is 6.07 Å². The molecular weight excluding hydrogens is 308 g/mol. The van der Waals surface area contributed by atoms with Crippen LogP contribution in [-0.4, -0.2) is 19.1 Å². The Balaban J connectivity index is 2.41. The molecule has 22 heavy (non-hydrogen) atoms. The maximum atomic E-state index is 12.0. The minimum atomic E-state index is -0.626. The van der Waals surface area contributed by atoms with Gasteiger partial charge in [-0.15, -0.1) is 12.3 Å². The molecule has 0 unspecified atom stereocenters. The highest BCUT2D eigenvalue weighted by Crippen LogP contribution is 2.31. The number of amides is 1. The van der Waals surface area contributed by atoms with Gasteiger partial charge in [-0.25, -0.2) is 4.79 Å². The van der Waals surface area contributed by atoms with E-state index in [1.54, 1.807) is 12.1 Å². The monoisotopic (exact) mass is 320 g/mol. The van der Waals surface area contributed by atoms with Crippen molar-refractivity contribution >= 4 is 34.0 Å². The molecule has 6 nitrogen and oxygen atoms in total. The summed E-state index contributed by atoms with van der Waals surface area (Å²) in [6, 6.07) is 4.66. The molecule has 0 atom stereocenters. The van der Waals surface area contributed by atoms with Crippen molar-refractivity contribution in [3.63, 3.8) is 0 Å². The minimum Gasteiger partial charge on any atom is -0.463 e. The molecule has 3 N–H and O–H groups in total. The van der Waals surface area contributed by atoms with Gasteiger partial charge in [0.2, 0.25) is 5.91 Å². The quantitative estimate of drug-likeness (QED) is 0.646. The molecule has 1 heterocycles. The number of rotatable bonds is 5. The summed E-state index contributed by atoms with van der Waals surface area (Å²) < 4.78 is 10.3. The first-order valence-electron chi connectivity index (χ1n) is 6.39. The van der Waals surface area contributed by atoms with Crippen LogP contribution < -0.4 is 21.4 Å². The zero-order valence-corrected chi connectivity index (χ0v) is 12.3. The highest BCUT2D eigenvalue weighted by Gasteiger charge is 2.14. The lowest BCUT2D eigenvalue weighted by molar-refractivity contribution is -0.114. The molecule has 114 valence electrons. The van der Waals surface area contributed by atoms with Crippen molar-refractivity contribution in [2.24, 2.45) is 5.73 Å². The van der Waals surface area contributed by atoms with Gasteiger partial charge in [0.05, 0.1) is 11.9 Å². The Morgan fingerprint density at radius 3 is 2.91 bits per heavy atom. The zero-order valence-electron chi connectivity index (χ0n) is 11.5. The van der Waals surface area contributed by atoms with Crippen LogP contribution in [0, 0.1) is 12.3 Å². The van der Waals surface area contributed by atoms with Crippen molar-refractivity contribution in [3.8, 4) is 18.3 Å². The Bertz CT molecular complexity index is 808. The van der Waals surface area contributed by atoms with Crippen LogP contribution in [0.15, 0.2) is 27.4 Å². The number of nitrogens with two attached hydrogens (primary N) is 1. The van der Waals surface area contributed by atoms with Gasteiger partial charge in [0, 0.05) is 17.5 Å². The zero-order chi connectivity index (χ0) is 16.1. The van der Waals surface area contributed by atoms with E-state index in [-0.39, 0.29) is 35.4 Å². The first-order chi connectivity index (χ1) is 10.6. The average Bonchev–Trinajstić information content (AvgIpc) is 2.52. The van der Waals surface area contributed by atoms with E-state index >= 15 is 0 Å². The fourth-order valence-electron chi connectivity index (χ4n) is 1.78. The predicted molar refractivity (Wildman–Crippen MR) is 84.1 cm³/mol. The molecule has 7 heteroatoms. The fourth-order valence-corrected chi connectivity index (χ4v) is 2.04. The van der Waals surface area contributed by atoms with Gasteiger partial charge < -0.3 is 20.2 Å². The molecule has 1 amide bonds. The number of benzene rings is 1. The van der Waals surface area contributed by atoms with Gasteiger partial charge in [0.15, 0.2) is 0 Å². The maximum absolute atomic E-state index is 12.0. The number of hydrogen-bond acceptors (Lipinski definition) is 5. The fraction of sp³-hybridized carbons (Fsp3) is 0.200. The molecule has 0 aliphatic heterocycles. The number of carbonyl (C=O) groups excluding carboxylic acids is 1. The molecule has 0 spiro atoms. The second-order valence-electron chi connectivity index (χ2n) is 4.31. The predicted octanol–water partition coefficient (Wildman–Crippen LogP) is 1.75. The summed E-state index contributed by atoms with van der Waals surface area (Å²) in [5.41, 5.74) is 5.02. The summed E-state index contributed by atoms with van der Waals surface area (Å²) >= 11 is 6.16. The Labute approximate surface area is 131 Å². The normalized spacial score (nSPS) is 10.2. The number of ether oxygens (including phenoxy) is 1. The molecule has 0 aliphatic carbocycles. The van der Waals surface area contributed by atoms with E-state index < -0.39 is 5.63 Å². The number of halogens is 1. The molecule has 0 aliphatic rings. The molecule has 1 aromatic carbocycles. The lowest BCUT2D eigenvalue weighted by Crippen LogP contribution is -2.21. The van der Waals surface area contributed by atoms with Crippen molar-refractivity contribution < 1.29 is 13.9 Å². The van der Waals surface area contributed by atoms with Crippen LogP contribution in [0.3, 0.4) is 0 Å². The third-order valence-electron chi connectivity index (χ3n) is 2.79. The summed E-state index contributed by atoms with van der Waals surface area (Å²) in [6.07, 6.45) is 5.48. The highest BCUT2D eigenvalue weighted by atomic mass is 35.5. The third kappa shape index (κ3) is 3.39. The Morgan fingerprint density at radius 2 is 2.23 bits per heavy atom. The van der Waals surface area contributed by atoms with Gasteiger partial charge in [-0.1, -0.05) is 17.7 Å². The summed E-state index contributed by atoms with van der Waals surface area (Å²) in [4.78, 5) is 23.3. The number of hydrogen-bond donors (Lipinski definition) is 2. The molecular formula is C15H13ClN2O4. The molecule has 2 aromatic rings.